The lowest BCUT2D eigenvalue weighted by atomic mass is 9.87. The number of benzene rings is 2. The van der Waals surface area contributed by atoms with Crippen LogP contribution in [0.5, 0.6) is 5.75 Å². The number of hydrogen-bond donors (Lipinski definition) is 1. The fourth-order valence-electron chi connectivity index (χ4n) is 1.62. The van der Waals surface area contributed by atoms with E-state index < -0.39 is 0 Å². The summed E-state index contributed by atoms with van der Waals surface area (Å²) in [7, 11) is 0. The first-order valence-corrected chi connectivity index (χ1v) is 6.62. The average Bonchev–Trinajstić information content (AvgIpc) is 2.33. The van der Waals surface area contributed by atoms with E-state index in [9.17, 15) is 0 Å². The number of hydrogen-bond acceptors (Lipinski definition) is 1. The Bertz CT molecular complexity index is 483. The summed E-state index contributed by atoms with van der Waals surface area (Å²) in [5.74, 6) is 0.331. The van der Waals surface area contributed by atoms with Gasteiger partial charge in [0.05, 0.1) is 0 Å². The van der Waals surface area contributed by atoms with Crippen LogP contribution >= 0.6 is 0 Å². The third-order valence-corrected chi connectivity index (χ3v) is 3.16. The molecule has 1 heteroatoms. The van der Waals surface area contributed by atoms with Crippen LogP contribution < -0.4 is 0 Å². The van der Waals surface area contributed by atoms with Crippen molar-refractivity contribution in [3.63, 3.8) is 0 Å². The molecule has 0 radical (unpaired) electrons. The number of aryl methyl sites for hydroxylation is 2. The number of phenolic OH excluding ortho intramolecular Hbond substituents is 1. The molecule has 0 bridgehead atoms. The highest BCUT2D eigenvalue weighted by atomic mass is 16.3. The number of aromatic hydroxyl groups is 1. The van der Waals surface area contributed by atoms with E-state index in [-0.39, 0.29) is 5.41 Å². The minimum atomic E-state index is 0.174. The predicted octanol–water partition coefficient (Wildman–Crippen LogP) is 4.99. The van der Waals surface area contributed by atoms with E-state index in [4.69, 9.17) is 5.11 Å². The van der Waals surface area contributed by atoms with Crippen molar-refractivity contribution in [2.24, 2.45) is 0 Å². The molecule has 1 N–H and O–H groups in total. The molecule has 0 heterocycles. The van der Waals surface area contributed by atoms with E-state index in [0.717, 1.165) is 0 Å². The third kappa shape index (κ3) is 5.17. The van der Waals surface area contributed by atoms with Gasteiger partial charge in [0.25, 0.3) is 0 Å². The summed E-state index contributed by atoms with van der Waals surface area (Å²) in [4.78, 5) is 0. The molecule has 0 fully saturated rings. The Kier molecular flexibility index (Phi) is 5.17. The van der Waals surface area contributed by atoms with Crippen molar-refractivity contribution >= 4 is 0 Å². The molecule has 19 heavy (non-hydrogen) atoms. The van der Waals surface area contributed by atoms with Crippen molar-refractivity contribution in [3.05, 3.63) is 65.2 Å². The molecular weight excluding hydrogens is 232 g/mol. The highest BCUT2D eigenvalue weighted by Gasteiger charge is 2.12. The van der Waals surface area contributed by atoms with E-state index in [1.165, 1.54) is 16.7 Å². The highest BCUT2D eigenvalue weighted by Crippen LogP contribution is 2.23. The van der Waals surface area contributed by atoms with Gasteiger partial charge in [0.1, 0.15) is 5.75 Å². The SMILES string of the molecule is CC(C)(C)c1ccc(O)cc1.Cc1ccccc1C. The molecule has 1 nitrogen and oxygen atoms in total. The van der Waals surface area contributed by atoms with Gasteiger partial charge in [-0.25, -0.2) is 0 Å². The molecule has 0 aliphatic rings. The van der Waals surface area contributed by atoms with E-state index >= 15 is 0 Å². The van der Waals surface area contributed by atoms with Crippen LogP contribution in [0.4, 0.5) is 0 Å². The van der Waals surface area contributed by atoms with Gasteiger partial charge < -0.3 is 5.11 Å². The maximum atomic E-state index is 9.02. The molecule has 0 aliphatic heterocycles. The van der Waals surface area contributed by atoms with Crippen molar-refractivity contribution in [1.29, 1.82) is 0 Å². The zero-order valence-corrected chi connectivity index (χ0v) is 12.6. The Morgan fingerprint density at radius 1 is 0.737 bits per heavy atom. The molecule has 0 saturated heterocycles. The second-order valence-corrected chi connectivity index (χ2v) is 5.88. The summed E-state index contributed by atoms with van der Waals surface area (Å²) in [6, 6.07) is 15.7. The Balaban J connectivity index is 0.000000200. The molecule has 102 valence electrons. The van der Waals surface area contributed by atoms with Crippen LogP contribution in [0.25, 0.3) is 0 Å². The molecule has 2 aromatic carbocycles. The van der Waals surface area contributed by atoms with Crippen LogP contribution in [-0.4, -0.2) is 5.11 Å². The molecule has 2 aromatic rings. The number of rotatable bonds is 0. The van der Waals surface area contributed by atoms with Crippen LogP contribution in [0.3, 0.4) is 0 Å². The van der Waals surface area contributed by atoms with Crippen molar-refractivity contribution < 1.29 is 5.11 Å². The maximum Gasteiger partial charge on any atom is 0.115 e. The topological polar surface area (TPSA) is 20.2 Å². The van der Waals surface area contributed by atoms with Crippen LogP contribution in [0.2, 0.25) is 0 Å². The van der Waals surface area contributed by atoms with Crippen molar-refractivity contribution in [1.82, 2.24) is 0 Å². The Labute approximate surface area is 116 Å². The molecule has 0 aliphatic carbocycles. The second-order valence-electron chi connectivity index (χ2n) is 5.88. The third-order valence-electron chi connectivity index (χ3n) is 3.16. The summed E-state index contributed by atoms with van der Waals surface area (Å²) in [6.45, 7) is 10.7. The zero-order valence-electron chi connectivity index (χ0n) is 12.6. The lowest BCUT2D eigenvalue weighted by Gasteiger charge is -2.18. The monoisotopic (exact) mass is 256 g/mol. The maximum absolute atomic E-state index is 9.02. The fraction of sp³-hybridized carbons (Fsp3) is 0.333. The van der Waals surface area contributed by atoms with Gasteiger partial charge in [-0.1, -0.05) is 57.2 Å². The van der Waals surface area contributed by atoms with Gasteiger partial charge in [-0.05, 0) is 48.1 Å². The average molecular weight is 256 g/mol. The van der Waals surface area contributed by atoms with E-state index in [2.05, 4.69) is 58.9 Å². The standard InChI is InChI=1S/C10H14O.C8H10/c1-10(2,3)8-4-6-9(11)7-5-8;1-7-5-3-4-6-8(7)2/h4-7,11H,1-3H3;3-6H,1-2H3. The molecule has 0 spiro atoms. The van der Waals surface area contributed by atoms with Gasteiger partial charge >= 0.3 is 0 Å². The van der Waals surface area contributed by atoms with Gasteiger partial charge in [0, 0.05) is 0 Å². The lowest BCUT2D eigenvalue weighted by Crippen LogP contribution is -2.10. The normalized spacial score (nSPS) is 10.6. The first-order valence-electron chi connectivity index (χ1n) is 6.62. The minimum Gasteiger partial charge on any atom is -0.508 e. The first-order chi connectivity index (χ1) is 8.80. The molecule has 2 rings (SSSR count). The van der Waals surface area contributed by atoms with E-state index in [1.54, 1.807) is 12.1 Å². The zero-order chi connectivity index (χ0) is 14.5. The van der Waals surface area contributed by atoms with Crippen LogP contribution in [-0.2, 0) is 5.41 Å². The van der Waals surface area contributed by atoms with Crippen molar-refractivity contribution in [3.8, 4) is 5.75 Å². The van der Waals surface area contributed by atoms with E-state index in [0.29, 0.717) is 5.75 Å². The summed E-state index contributed by atoms with van der Waals surface area (Å²) >= 11 is 0. The second kappa shape index (κ2) is 6.42. The number of phenols is 1. The Morgan fingerprint density at radius 2 is 1.16 bits per heavy atom. The lowest BCUT2D eigenvalue weighted by molar-refractivity contribution is 0.474. The summed E-state index contributed by atoms with van der Waals surface area (Å²) in [6.07, 6.45) is 0. The molecular formula is C18H24O. The molecule has 0 amide bonds. The van der Waals surface area contributed by atoms with Gasteiger partial charge in [0.2, 0.25) is 0 Å². The van der Waals surface area contributed by atoms with Crippen LogP contribution in [0.1, 0.15) is 37.5 Å². The molecule has 0 aromatic heterocycles. The van der Waals surface area contributed by atoms with Gasteiger partial charge in [0.15, 0.2) is 0 Å². The highest BCUT2D eigenvalue weighted by molar-refractivity contribution is 5.29. The summed E-state index contributed by atoms with van der Waals surface area (Å²) in [5.41, 5.74) is 4.16. The predicted molar refractivity (Wildman–Crippen MR) is 82.7 cm³/mol. The van der Waals surface area contributed by atoms with Crippen LogP contribution in [0.15, 0.2) is 48.5 Å². The van der Waals surface area contributed by atoms with Crippen LogP contribution in [0, 0.1) is 13.8 Å². The smallest absolute Gasteiger partial charge is 0.115 e. The first kappa shape index (κ1) is 15.3. The molecule has 0 atom stereocenters. The Morgan fingerprint density at radius 3 is 1.47 bits per heavy atom. The largest absolute Gasteiger partial charge is 0.508 e. The van der Waals surface area contributed by atoms with Gasteiger partial charge in [-0.3, -0.25) is 0 Å². The fourth-order valence-corrected chi connectivity index (χ4v) is 1.62. The van der Waals surface area contributed by atoms with Crippen molar-refractivity contribution in [2.75, 3.05) is 0 Å². The van der Waals surface area contributed by atoms with Crippen molar-refractivity contribution in [2.45, 2.75) is 40.0 Å². The van der Waals surface area contributed by atoms with Gasteiger partial charge in [-0.2, -0.15) is 0 Å². The Hall–Kier alpha value is -1.76. The quantitative estimate of drug-likeness (QED) is 0.703. The van der Waals surface area contributed by atoms with Gasteiger partial charge in [-0.15, -0.1) is 0 Å². The minimum absolute atomic E-state index is 0.174. The molecule has 0 unspecified atom stereocenters. The summed E-state index contributed by atoms with van der Waals surface area (Å²) in [5, 5.41) is 9.02. The molecule has 0 saturated carbocycles. The van der Waals surface area contributed by atoms with E-state index in [1.807, 2.05) is 12.1 Å². The summed E-state index contributed by atoms with van der Waals surface area (Å²) < 4.78 is 0.